The van der Waals surface area contributed by atoms with Crippen molar-refractivity contribution in [3.05, 3.63) is 28.6 Å². The van der Waals surface area contributed by atoms with E-state index in [0.717, 1.165) is 16.6 Å². The molecule has 0 saturated carbocycles. The topological polar surface area (TPSA) is 49.6 Å². The molecule has 1 heterocycles. The number of thiophene rings is 1. The Hall–Kier alpha value is -1.59. The average molecular weight is 291 g/mol. The van der Waals surface area contributed by atoms with Crippen molar-refractivity contribution in [1.82, 2.24) is 9.80 Å². The standard InChI is InChI=1S/C15H21N3OS/c1-10-5-6-11-12(9-10)20-14(13(11)16)15(19)18(4)8-7-17(2)3/h5-6,9H,7-8,16H2,1-4H3. The van der Waals surface area contributed by atoms with Crippen LogP contribution in [0.15, 0.2) is 18.2 Å². The molecule has 4 nitrogen and oxygen atoms in total. The second-order valence-corrected chi connectivity index (χ2v) is 6.43. The third-order valence-electron chi connectivity index (χ3n) is 3.31. The van der Waals surface area contributed by atoms with Crippen LogP contribution in [0.25, 0.3) is 10.1 Å². The number of hydrogen-bond acceptors (Lipinski definition) is 4. The number of anilines is 1. The molecule has 0 aliphatic heterocycles. The van der Waals surface area contributed by atoms with E-state index in [9.17, 15) is 4.79 Å². The molecule has 2 N–H and O–H groups in total. The Morgan fingerprint density at radius 2 is 1.95 bits per heavy atom. The van der Waals surface area contributed by atoms with Gasteiger partial charge in [0.15, 0.2) is 0 Å². The van der Waals surface area contributed by atoms with Crippen LogP contribution in [0.3, 0.4) is 0 Å². The number of hydrogen-bond donors (Lipinski definition) is 1. The molecule has 1 amide bonds. The van der Waals surface area contributed by atoms with Gasteiger partial charge in [-0.1, -0.05) is 12.1 Å². The maximum atomic E-state index is 12.5. The first kappa shape index (κ1) is 14.8. The summed E-state index contributed by atoms with van der Waals surface area (Å²) in [6.07, 6.45) is 0. The molecule has 20 heavy (non-hydrogen) atoms. The minimum Gasteiger partial charge on any atom is -0.397 e. The summed E-state index contributed by atoms with van der Waals surface area (Å²) < 4.78 is 1.08. The molecule has 0 spiro atoms. The number of carbonyl (C=O) groups excluding carboxylic acids is 1. The molecule has 1 aromatic carbocycles. The van der Waals surface area contributed by atoms with Crippen molar-refractivity contribution >= 4 is 33.0 Å². The third-order valence-corrected chi connectivity index (χ3v) is 4.46. The van der Waals surface area contributed by atoms with Crippen molar-refractivity contribution < 1.29 is 4.79 Å². The van der Waals surface area contributed by atoms with Crippen LogP contribution in [0.1, 0.15) is 15.2 Å². The third kappa shape index (κ3) is 2.94. The molecule has 0 bridgehead atoms. The van der Waals surface area contributed by atoms with Gasteiger partial charge in [0.05, 0.1) is 5.69 Å². The lowest BCUT2D eigenvalue weighted by Gasteiger charge is -2.19. The van der Waals surface area contributed by atoms with E-state index < -0.39 is 0 Å². The predicted octanol–water partition coefficient (Wildman–Crippen LogP) is 2.43. The van der Waals surface area contributed by atoms with Gasteiger partial charge in [-0.3, -0.25) is 4.79 Å². The van der Waals surface area contributed by atoms with Crippen molar-refractivity contribution in [3.63, 3.8) is 0 Å². The number of aryl methyl sites for hydroxylation is 1. The zero-order valence-electron chi connectivity index (χ0n) is 12.4. The Labute approximate surface area is 123 Å². The van der Waals surface area contributed by atoms with Gasteiger partial charge >= 0.3 is 0 Å². The Morgan fingerprint density at radius 1 is 1.25 bits per heavy atom. The zero-order valence-corrected chi connectivity index (χ0v) is 13.3. The first-order valence-corrected chi connectivity index (χ1v) is 7.40. The lowest BCUT2D eigenvalue weighted by Crippen LogP contribution is -2.33. The summed E-state index contributed by atoms with van der Waals surface area (Å²) in [5, 5.41) is 0.977. The van der Waals surface area contributed by atoms with E-state index in [1.807, 2.05) is 40.2 Å². The first-order valence-electron chi connectivity index (χ1n) is 6.59. The molecular formula is C15H21N3OS. The Balaban J connectivity index is 2.28. The van der Waals surface area contributed by atoms with Crippen LogP contribution in [0.2, 0.25) is 0 Å². The van der Waals surface area contributed by atoms with Crippen LogP contribution in [-0.4, -0.2) is 49.9 Å². The number of benzene rings is 1. The largest absolute Gasteiger partial charge is 0.397 e. The lowest BCUT2D eigenvalue weighted by molar-refractivity contribution is 0.0792. The Kier molecular flexibility index (Phi) is 4.30. The fraction of sp³-hybridized carbons (Fsp3) is 0.400. The molecule has 2 aromatic rings. The Morgan fingerprint density at radius 3 is 2.60 bits per heavy atom. The van der Waals surface area contributed by atoms with E-state index in [1.54, 1.807) is 4.90 Å². The summed E-state index contributed by atoms with van der Waals surface area (Å²) >= 11 is 1.48. The molecule has 0 aliphatic rings. The highest BCUT2D eigenvalue weighted by Gasteiger charge is 2.19. The second-order valence-electron chi connectivity index (χ2n) is 5.37. The van der Waals surface area contributed by atoms with Gasteiger partial charge in [-0.25, -0.2) is 0 Å². The van der Waals surface area contributed by atoms with Gasteiger partial charge in [0.2, 0.25) is 0 Å². The molecule has 0 radical (unpaired) electrons. The summed E-state index contributed by atoms with van der Waals surface area (Å²) in [6, 6.07) is 6.09. The number of carbonyl (C=O) groups is 1. The maximum absolute atomic E-state index is 12.5. The predicted molar refractivity (Wildman–Crippen MR) is 86.5 cm³/mol. The van der Waals surface area contributed by atoms with Gasteiger partial charge < -0.3 is 15.5 Å². The van der Waals surface area contributed by atoms with E-state index in [2.05, 4.69) is 11.0 Å². The molecule has 0 atom stereocenters. The minimum absolute atomic E-state index is 0.00297. The summed E-state index contributed by atoms with van der Waals surface area (Å²) in [5.74, 6) is 0.00297. The fourth-order valence-corrected chi connectivity index (χ4v) is 3.22. The summed E-state index contributed by atoms with van der Waals surface area (Å²) in [4.78, 5) is 16.9. The second kappa shape index (κ2) is 5.81. The van der Waals surface area contributed by atoms with E-state index in [0.29, 0.717) is 17.1 Å². The quantitative estimate of drug-likeness (QED) is 0.941. The highest BCUT2D eigenvalue weighted by molar-refractivity contribution is 7.21. The summed E-state index contributed by atoms with van der Waals surface area (Å²) in [5.41, 5.74) is 7.92. The number of amides is 1. The molecular weight excluding hydrogens is 270 g/mol. The van der Waals surface area contributed by atoms with Crippen molar-refractivity contribution in [2.24, 2.45) is 0 Å². The van der Waals surface area contributed by atoms with Crippen LogP contribution < -0.4 is 5.73 Å². The van der Waals surface area contributed by atoms with Gasteiger partial charge in [0.1, 0.15) is 4.88 Å². The van der Waals surface area contributed by atoms with Gasteiger partial charge in [-0.05, 0) is 32.6 Å². The molecule has 0 aliphatic carbocycles. The van der Waals surface area contributed by atoms with Gasteiger partial charge in [-0.15, -0.1) is 11.3 Å². The number of nitrogens with zero attached hydrogens (tertiary/aromatic N) is 2. The number of likely N-dealkylation sites (N-methyl/N-ethyl adjacent to an activating group) is 2. The van der Waals surface area contributed by atoms with Gasteiger partial charge in [-0.2, -0.15) is 0 Å². The molecule has 1 aromatic heterocycles. The van der Waals surface area contributed by atoms with E-state index >= 15 is 0 Å². The lowest BCUT2D eigenvalue weighted by atomic mass is 10.1. The molecule has 2 rings (SSSR count). The van der Waals surface area contributed by atoms with Gasteiger partial charge in [0.25, 0.3) is 5.91 Å². The van der Waals surface area contributed by atoms with E-state index in [-0.39, 0.29) is 5.91 Å². The SMILES string of the molecule is Cc1ccc2c(N)c(C(=O)N(C)CCN(C)C)sc2c1. The molecule has 0 saturated heterocycles. The molecule has 5 heteroatoms. The highest BCUT2D eigenvalue weighted by Crippen LogP contribution is 2.34. The van der Waals surface area contributed by atoms with Crippen molar-refractivity contribution in [1.29, 1.82) is 0 Å². The van der Waals surface area contributed by atoms with Gasteiger partial charge in [0, 0.05) is 30.2 Å². The summed E-state index contributed by atoms with van der Waals surface area (Å²) in [7, 11) is 5.81. The average Bonchev–Trinajstić information content (AvgIpc) is 2.71. The molecule has 0 fully saturated rings. The van der Waals surface area contributed by atoms with Crippen molar-refractivity contribution in [2.75, 3.05) is 40.0 Å². The van der Waals surface area contributed by atoms with Crippen molar-refractivity contribution in [2.45, 2.75) is 6.92 Å². The van der Waals surface area contributed by atoms with Crippen LogP contribution in [0.5, 0.6) is 0 Å². The molecule has 108 valence electrons. The number of nitrogens with two attached hydrogens (primary N) is 1. The highest BCUT2D eigenvalue weighted by atomic mass is 32.1. The fourth-order valence-electron chi connectivity index (χ4n) is 2.01. The van der Waals surface area contributed by atoms with E-state index in [4.69, 9.17) is 5.73 Å². The maximum Gasteiger partial charge on any atom is 0.265 e. The Bertz CT molecular complexity index is 633. The van der Waals surface area contributed by atoms with Crippen LogP contribution in [0.4, 0.5) is 5.69 Å². The number of nitrogen functional groups attached to an aromatic ring is 1. The molecule has 0 unspecified atom stereocenters. The minimum atomic E-state index is 0.00297. The van der Waals surface area contributed by atoms with E-state index in [1.165, 1.54) is 16.9 Å². The smallest absolute Gasteiger partial charge is 0.265 e. The van der Waals surface area contributed by atoms with Crippen LogP contribution in [0, 0.1) is 6.92 Å². The zero-order chi connectivity index (χ0) is 14.9. The monoisotopic (exact) mass is 291 g/mol. The number of fused-ring (bicyclic) bond motifs is 1. The summed E-state index contributed by atoms with van der Waals surface area (Å²) in [6.45, 7) is 3.57. The van der Waals surface area contributed by atoms with Crippen molar-refractivity contribution in [3.8, 4) is 0 Å². The van der Waals surface area contributed by atoms with Crippen LogP contribution in [-0.2, 0) is 0 Å². The first-order chi connectivity index (χ1) is 9.40. The normalized spacial score (nSPS) is 11.2. The van der Waals surface area contributed by atoms with Crippen LogP contribution >= 0.6 is 11.3 Å². The number of rotatable bonds is 4.